The molecule has 0 spiro atoms. The second-order valence-electron chi connectivity index (χ2n) is 5.34. The van der Waals surface area contributed by atoms with E-state index >= 15 is 0 Å². The van der Waals surface area contributed by atoms with E-state index in [0.29, 0.717) is 12.8 Å². The van der Waals surface area contributed by atoms with E-state index in [-0.39, 0.29) is 17.0 Å². The summed E-state index contributed by atoms with van der Waals surface area (Å²) in [6.07, 6.45) is 1.29. The zero-order chi connectivity index (χ0) is 11.1. The monoisotopic (exact) mass is 263 g/mol. The standard InChI is InChI=1S/C10H18NO2Se/c1-9(2)5-7(8(12)13)6-10(3,4)11(9)14/h7H,5-6H2,1-4H3,(H,12,13)/p-1. The summed E-state index contributed by atoms with van der Waals surface area (Å²) in [7, 11) is 0. The zero-order valence-corrected chi connectivity index (χ0v) is 10.9. The van der Waals surface area contributed by atoms with Crippen LogP contribution in [0.4, 0.5) is 0 Å². The first-order valence-corrected chi connectivity index (χ1v) is 5.62. The van der Waals surface area contributed by atoms with E-state index in [2.05, 4.69) is 47.8 Å². The first-order valence-electron chi connectivity index (χ1n) is 4.85. The SMILES string of the molecule is CC1(C)CC(C(=O)[O-])CC(C)(C)N1[Se]. The Morgan fingerprint density at radius 1 is 1.29 bits per heavy atom. The van der Waals surface area contributed by atoms with E-state index in [1.54, 1.807) is 0 Å². The van der Waals surface area contributed by atoms with Crippen molar-refractivity contribution < 1.29 is 9.90 Å². The number of aliphatic carboxylic acids is 1. The van der Waals surface area contributed by atoms with Gasteiger partial charge in [-0.05, 0) is 0 Å². The average Bonchev–Trinajstić information content (AvgIpc) is 1.98. The predicted octanol–water partition coefficient (Wildman–Crippen LogP) is 0.0890. The number of rotatable bonds is 1. The number of nitrogens with zero attached hydrogens (tertiary/aromatic N) is 1. The third kappa shape index (κ3) is 2.13. The summed E-state index contributed by atoms with van der Waals surface area (Å²) in [4.78, 5) is 10.9. The molecule has 0 bridgehead atoms. The molecule has 0 aromatic rings. The number of piperidine rings is 1. The van der Waals surface area contributed by atoms with Gasteiger partial charge in [-0.2, -0.15) is 0 Å². The Hall–Kier alpha value is -0.0505. The van der Waals surface area contributed by atoms with Crippen molar-refractivity contribution in [3.63, 3.8) is 0 Å². The third-order valence-corrected chi connectivity index (χ3v) is 5.00. The van der Waals surface area contributed by atoms with Gasteiger partial charge in [0.2, 0.25) is 0 Å². The summed E-state index contributed by atoms with van der Waals surface area (Å²) < 4.78 is 2.14. The van der Waals surface area contributed by atoms with Crippen LogP contribution in [0.5, 0.6) is 0 Å². The minimum atomic E-state index is -0.917. The molecule has 14 heavy (non-hydrogen) atoms. The summed E-state index contributed by atoms with van der Waals surface area (Å²) in [5.41, 5.74) is -0.237. The van der Waals surface area contributed by atoms with E-state index in [4.69, 9.17) is 0 Å². The van der Waals surface area contributed by atoms with Crippen molar-refractivity contribution in [1.29, 1.82) is 0 Å². The Labute approximate surface area is 93.9 Å². The topological polar surface area (TPSA) is 43.4 Å². The van der Waals surface area contributed by atoms with Crippen molar-refractivity contribution in [2.24, 2.45) is 5.92 Å². The van der Waals surface area contributed by atoms with Gasteiger partial charge in [0.25, 0.3) is 0 Å². The van der Waals surface area contributed by atoms with Crippen LogP contribution in [0.25, 0.3) is 0 Å². The fourth-order valence-corrected chi connectivity index (χ4v) is 2.74. The molecule has 4 heteroatoms. The van der Waals surface area contributed by atoms with Crippen LogP contribution in [0.1, 0.15) is 40.5 Å². The normalized spacial score (nSPS) is 27.5. The molecule has 1 saturated heterocycles. The summed E-state index contributed by atoms with van der Waals surface area (Å²) >= 11 is 3.04. The molecule has 1 heterocycles. The molecule has 1 aliphatic heterocycles. The van der Waals surface area contributed by atoms with Crippen molar-refractivity contribution >= 4 is 22.2 Å². The van der Waals surface area contributed by atoms with Crippen molar-refractivity contribution in [3.8, 4) is 0 Å². The van der Waals surface area contributed by atoms with Gasteiger partial charge in [0.1, 0.15) is 0 Å². The molecule has 0 amide bonds. The number of hydrogen-bond donors (Lipinski definition) is 0. The molecule has 1 aliphatic rings. The maximum absolute atomic E-state index is 10.9. The van der Waals surface area contributed by atoms with E-state index < -0.39 is 5.97 Å². The van der Waals surface area contributed by atoms with Crippen LogP contribution in [0.3, 0.4) is 0 Å². The summed E-state index contributed by atoms with van der Waals surface area (Å²) in [6, 6.07) is 0. The van der Waals surface area contributed by atoms with Gasteiger partial charge in [0, 0.05) is 0 Å². The fraction of sp³-hybridized carbons (Fsp3) is 0.900. The molecule has 0 N–H and O–H groups in total. The fourth-order valence-electron chi connectivity index (χ4n) is 2.43. The van der Waals surface area contributed by atoms with Gasteiger partial charge in [-0.15, -0.1) is 0 Å². The van der Waals surface area contributed by atoms with Gasteiger partial charge < -0.3 is 0 Å². The van der Waals surface area contributed by atoms with Gasteiger partial charge in [-0.3, -0.25) is 0 Å². The second kappa shape index (κ2) is 3.51. The molecular formula is C10H17NO2Se-. The van der Waals surface area contributed by atoms with E-state index in [1.807, 2.05) is 0 Å². The molecule has 0 aromatic carbocycles. The van der Waals surface area contributed by atoms with Crippen LogP contribution in [-0.2, 0) is 4.79 Å². The molecule has 0 unspecified atom stereocenters. The van der Waals surface area contributed by atoms with Crippen LogP contribution in [0.2, 0.25) is 0 Å². The van der Waals surface area contributed by atoms with Gasteiger partial charge in [0.05, 0.1) is 0 Å². The quantitative estimate of drug-likeness (QED) is 0.629. The van der Waals surface area contributed by atoms with Crippen LogP contribution in [0.15, 0.2) is 0 Å². The molecule has 1 fully saturated rings. The number of carbonyl (C=O) groups is 1. The van der Waals surface area contributed by atoms with Crippen LogP contribution in [-0.4, -0.2) is 37.2 Å². The molecular weight excluding hydrogens is 245 g/mol. The Morgan fingerprint density at radius 3 is 1.93 bits per heavy atom. The number of carboxylic acid groups (broad SMARTS) is 1. The van der Waals surface area contributed by atoms with E-state index in [9.17, 15) is 9.90 Å². The Balaban J connectivity index is 2.91. The molecule has 0 aliphatic carbocycles. The van der Waals surface area contributed by atoms with Crippen molar-refractivity contribution in [1.82, 2.24) is 3.92 Å². The number of carboxylic acids is 1. The summed E-state index contributed by atoms with van der Waals surface area (Å²) in [5, 5.41) is 10.9. The maximum atomic E-state index is 10.9. The van der Waals surface area contributed by atoms with Crippen LogP contribution < -0.4 is 5.11 Å². The summed E-state index contributed by atoms with van der Waals surface area (Å²) in [5.74, 6) is -1.25. The van der Waals surface area contributed by atoms with E-state index in [0.717, 1.165) is 0 Å². The third-order valence-electron chi connectivity index (χ3n) is 2.92. The Kier molecular flexibility index (Phi) is 3.01. The van der Waals surface area contributed by atoms with Crippen LogP contribution >= 0.6 is 0 Å². The summed E-state index contributed by atoms with van der Waals surface area (Å²) in [6.45, 7) is 8.22. The minimum absolute atomic E-state index is 0.119. The molecule has 81 valence electrons. The average molecular weight is 262 g/mol. The van der Waals surface area contributed by atoms with Gasteiger partial charge in [-0.25, -0.2) is 0 Å². The first kappa shape index (κ1) is 12.0. The van der Waals surface area contributed by atoms with Gasteiger partial charge in [0.15, 0.2) is 0 Å². The number of hydrogen-bond acceptors (Lipinski definition) is 3. The van der Waals surface area contributed by atoms with Crippen LogP contribution in [0, 0.1) is 5.92 Å². The second-order valence-corrected chi connectivity index (χ2v) is 6.11. The number of carbonyl (C=O) groups excluding carboxylic acids is 1. The van der Waals surface area contributed by atoms with E-state index in [1.165, 1.54) is 0 Å². The van der Waals surface area contributed by atoms with Crippen molar-refractivity contribution in [2.75, 3.05) is 0 Å². The molecule has 1 rings (SSSR count). The van der Waals surface area contributed by atoms with Crippen molar-refractivity contribution in [3.05, 3.63) is 0 Å². The molecule has 0 saturated carbocycles. The Bertz CT molecular complexity index is 233. The zero-order valence-electron chi connectivity index (χ0n) is 9.16. The van der Waals surface area contributed by atoms with Gasteiger partial charge in [-0.1, -0.05) is 0 Å². The van der Waals surface area contributed by atoms with Crippen molar-refractivity contribution in [2.45, 2.75) is 51.6 Å². The molecule has 0 atom stereocenters. The Morgan fingerprint density at radius 2 is 1.64 bits per heavy atom. The molecule has 0 aromatic heterocycles. The predicted molar refractivity (Wildman–Crippen MR) is 53.5 cm³/mol. The molecule has 3 nitrogen and oxygen atoms in total. The van der Waals surface area contributed by atoms with Gasteiger partial charge >= 0.3 is 93.5 Å². The first-order chi connectivity index (χ1) is 6.17. The molecule has 1 radical (unpaired) electrons.